The maximum atomic E-state index is 12.3. The summed E-state index contributed by atoms with van der Waals surface area (Å²) < 4.78 is 17.9. The van der Waals surface area contributed by atoms with E-state index in [-0.39, 0.29) is 32.0 Å². The smallest absolute Gasteiger partial charge is 0.325 e. The van der Waals surface area contributed by atoms with Crippen LogP contribution >= 0.6 is 0 Å². The standard InChI is InChI=1S/C31H41N3O6/c1-3-16-34(26-10-5-6-11-26)20-27-18-28(23-14-12-22(21-35)13-15-23)40-30(39-27)24-8-7-9-25(17-24)33-31(37)32-19-29(36)38-4-2/h3,7-9,12-15,17,26-28,30,35H,1,4-6,10-11,16,18-21H2,2H3,(H2,32,33,37)/t27-,28+,30+/m0/s1. The van der Waals surface area contributed by atoms with Crippen molar-refractivity contribution in [1.29, 1.82) is 0 Å². The fraction of sp³-hybridized carbons (Fsp3) is 0.484. The minimum absolute atomic E-state index is 0.00871. The molecule has 1 heterocycles. The van der Waals surface area contributed by atoms with E-state index >= 15 is 0 Å². The number of aliphatic hydroxyl groups is 1. The number of anilines is 1. The van der Waals surface area contributed by atoms with E-state index < -0.39 is 18.3 Å². The van der Waals surface area contributed by atoms with E-state index in [0.717, 1.165) is 29.8 Å². The van der Waals surface area contributed by atoms with Gasteiger partial charge in [-0.2, -0.15) is 0 Å². The fourth-order valence-electron chi connectivity index (χ4n) is 5.41. The summed E-state index contributed by atoms with van der Waals surface area (Å²) in [6, 6.07) is 15.2. The quantitative estimate of drug-likeness (QED) is 0.256. The lowest BCUT2D eigenvalue weighted by Crippen LogP contribution is -2.43. The number of aliphatic hydroxyl groups excluding tert-OH is 1. The number of rotatable bonds is 12. The molecule has 0 unspecified atom stereocenters. The lowest BCUT2D eigenvalue weighted by atomic mass is 9.99. The van der Waals surface area contributed by atoms with Gasteiger partial charge in [-0.15, -0.1) is 6.58 Å². The summed E-state index contributed by atoms with van der Waals surface area (Å²) in [5.74, 6) is -0.498. The molecule has 2 fully saturated rings. The summed E-state index contributed by atoms with van der Waals surface area (Å²) in [5.41, 5.74) is 3.21. The van der Waals surface area contributed by atoms with Crippen LogP contribution in [0.4, 0.5) is 10.5 Å². The van der Waals surface area contributed by atoms with Crippen LogP contribution in [0.3, 0.4) is 0 Å². The first kappa shape index (κ1) is 29.7. The molecular weight excluding hydrogens is 510 g/mol. The third-order valence-corrected chi connectivity index (χ3v) is 7.37. The Labute approximate surface area is 236 Å². The summed E-state index contributed by atoms with van der Waals surface area (Å²) in [7, 11) is 0. The van der Waals surface area contributed by atoms with Gasteiger partial charge in [-0.1, -0.05) is 55.3 Å². The van der Waals surface area contributed by atoms with E-state index in [0.29, 0.717) is 18.2 Å². The fourth-order valence-corrected chi connectivity index (χ4v) is 5.41. The van der Waals surface area contributed by atoms with Gasteiger partial charge in [0.2, 0.25) is 0 Å². The highest BCUT2D eigenvalue weighted by Crippen LogP contribution is 2.39. The Balaban J connectivity index is 1.50. The molecule has 0 bridgehead atoms. The van der Waals surface area contributed by atoms with Gasteiger partial charge in [-0.3, -0.25) is 9.69 Å². The van der Waals surface area contributed by atoms with Crippen molar-refractivity contribution in [1.82, 2.24) is 10.2 Å². The first-order valence-corrected chi connectivity index (χ1v) is 14.1. The molecule has 2 aliphatic rings. The van der Waals surface area contributed by atoms with Gasteiger partial charge in [-0.05, 0) is 43.0 Å². The molecule has 4 rings (SSSR count). The molecule has 1 saturated heterocycles. The Bertz CT molecular complexity index is 1120. The predicted octanol–water partition coefficient (Wildman–Crippen LogP) is 4.84. The number of hydrogen-bond donors (Lipinski definition) is 3. The van der Waals surface area contributed by atoms with Crippen molar-refractivity contribution in [2.75, 3.05) is 31.6 Å². The second-order valence-electron chi connectivity index (χ2n) is 10.3. The average molecular weight is 552 g/mol. The van der Waals surface area contributed by atoms with Crippen molar-refractivity contribution >= 4 is 17.7 Å². The third kappa shape index (κ3) is 8.38. The molecule has 0 aromatic heterocycles. The maximum Gasteiger partial charge on any atom is 0.325 e. The van der Waals surface area contributed by atoms with E-state index in [2.05, 4.69) is 22.1 Å². The minimum Gasteiger partial charge on any atom is -0.465 e. The summed E-state index contributed by atoms with van der Waals surface area (Å²) >= 11 is 0. The highest BCUT2D eigenvalue weighted by atomic mass is 16.7. The Morgan fingerprint density at radius 1 is 1.12 bits per heavy atom. The number of ether oxygens (including phenoxy) is 3. The van der Waals surface area contributed by atoms with Crippen molar-refractivity contribution < 1.29 is 28.9 Å². The molecule has 2 aromatic carbocycles. The molecule has 0 radical (unpaired) electrons. The van der Waals surface area contributed by atoms with Crippen LogP contribution in [0.15, 0.2) is 61.2 Å². The van der Waals surface area contributed by atoms with Crippen LogP contribution in [0.2, 0.25) is 0 Å². The molecule has 9 heteroatoms. The first-order valence-electron chi connectivity index (χ1n) is 14.1. The van der Waals surface area contributed by atoms with Crippen LogP contribution in [0.5, 0.6) is 0 Å². The highest BCUT2D eigenvalue weighted by Gasteiger charge is 2.34. The number of carbonyl (C=O) groups excluding carboxylic acids is 2. The molecule has 1 aliphatic heterocycles. The lowest BCUT2D eigenvalue weighted by molar-refractivity contribution is -0.253. The molecule has 2 aromatic rings. The topological polar surface area (TPSA) is 109 Å². The predicted molar refractivity (Wildman–Crippen MR) is 153 cm³/mol. The molecule has 9 nitrogen and oxygen atoms in total. The van der Waals surface area contributed by atoms with E-state index in [1.54, 1.807) is 13.0 Å². The minimum atomic E-state index is -0.639. The number of esters is 1. The van der Waals surface area contributed by atoms with Crippen LogP contribution in [0.25, 0.3) is 0 Å². The first-order chi connectivity index (χ1) is 19.5. The number of hydrogen-bond acceptors (Lipinski definition) is 7. The van der Waals surface area contributed by atoms with Crippen LogP contribution < -0.4 is 10.6 Å². The normalized spacial score (nSPS) is 21.2. The van der Waals surface area contributed by atoms with Crippen molar-refractivity contribution in [3.63, 3.8) is 0 Å². The van der Waals surface area contributed by atoms with Crippen LogP contribution in [0, 0.1) is 0 Å². The number of urea groups is 1. The average Bonchev–Trinajstić information content (AvgIpc) is 3.51. The zero-order chi connectivity index (χ0) is 28.3. The maximum absolute atomic E-state index is 12.3. The van der Waals surface area contributed by atoms with Crippen LogP contribution in [-0.4, -0.2) is 60.4 Å². The van der Waals surface area contributed by atoms with Crippen molar-refractivity contribution in [3.8, 4) is 0 Å². The largest absolute Gasteiger partial charge is 0.465 e. The van der Waals surface area contributed by atoms with Gasteiger partial charge in [0, 0.05) is 36.8 Å². The van der Waals surface area contributed by atoms with Crippen molar-refractivity contribution in [3.05, 3.63) is 77.9 Å². The van der Waals surface area contributed by atoms with Crippen LogP contribution in [0.1, 0.15) is 68.1 Å². The molecule has 1 saturated carbocycles. The number of amides is 2. The second-order valence-corrected chi connectivity index (χ2v) is 10.3. The zero-order valence-corrected chi connectivity index (χ0v) is 23.2. The Kier molecular flexibility index (Phi) is 11.1. The Hall–Kier alpha value is -3.24. The molecule has 3 atom stereocenters. The number of benzene rings is 2. The van der Waals surface area contributed by atoms with Crippen molar-refractivity contribution in [2.45, 2.75) is 70.2 Å². The molecule has 2 amide bonds. The van der Waals surface area contributed by atoms with Gasteiger partial charge >= 0.3 is 12.0 Å². The van der Waals surface area contributed by atoms with Gasteiger partial charge < -0.3 is 30.0 Å². The summed E-state index contributed by atoms with van der Waals surface area (Å²) in [5, 5.41) is 14.7. The Morgan fingerprint density at radius 2 is 1.90 bits per heavy atom. The van der Waals surface area contributed by atoms with Gasteiger partial charge in [-0.25, -0.2) is 4.79 Å². The van der Waals surface area contributed by atoms with E-state index in [1.807, 2.05) is 48.5 Å². The van der Waals surface area contributed by atoms with E-state index in [1.165, 1.54) is 25.7 Å². The second kappa shape index (κ2) is 14.9. The summed E-state index contributed by atoms with van der Waals surface area (Å²) in [4.78, 5) is 26.4. The Morgan fingerprint density at radius 3 is 2.60 bits per heavy atom. The molecular formula is C31H41N3O6. The monoisotopic (exact) mass is 551 g/mol. The van der Waals surface area contributed by atoms with Crippen molar-refractivity contribution in [2.24, 2.45) is 0 Å². The summed E-state index contributed by atoms with van der Waals surface area (Å²) in [6.45, 7) is 7.31. The van der Waals surface area contributed by atoms with Crippen LogP contribution in [-0.2, 0) is 25.6 Å². The molecule has 3 N–H and O–H groups in total. The number of nitrogens with zero attached hydrogens (tertiary/aromatic N) is 1. The molecule has 40 heavy (non-hydrogen) atoms. The molecule has 1 aliphatic carbocycles. The number of nitrogens with one attached hydrogen (secondary N) is 2. The summed E-state index contributed by atoms with van der Waals surface area (Å²) in [6.07, 6.45) is 6.63. The van der Waals surface area contributed by atoms with Gasteiger partial charge in [0.1, 0.15) is 6.54 Å². The molecule has 0 spiro atoms. The highest BCUT2D eigenvalue weighted by molar-refractivity contribution is 5.91. The number of carbonyl (C=O) groups is 2. The zero-order valence-electron chi connectivity index (χ0n) is 23.2. The van der Waals surface area contributed by atoms with E-state index in [4.69, 9.17) is 14.2 Å². The SMILES string of the molecule is C=CCN(C[C@@H]1C[C@H](c2ccc(CO)cc2)O[C@H](c2cccc(NC(=O)NCC(=O)OCC)c2)O1)C1CCCC1. The van der Waals surface area contributed by atoms with Gasteiger partial charge in [0.05, 0.1) is 25.4 Å². The van der Waals surface area contributed by atoms with E-state index in [9.17, 15) is 14.7 Å². The molecule has 216 valence electrons. The van der Waals surface area contributed by atoms with Gasteiger partial charge in [0.15, 0.2) is 6.29 Å². The lowest BCUT2D eigenvalue weighted by Gasteiger charge is -2.39. The van der Waals surface area contributed by atoms with Gasteiger partial charge in [0.25, 0.3) is 0 Å². The third-order valence-electron chi connectivity index (χ3n) is 7.37.